The summed E-state index contributed by atoms with van der Waals surface area (Å²) in [5.74, 6) is -1.17. The summed E-state index contributed by atoms with van der Waals surface area (Å²) in [5, 5.41) is 2.73. The summed E-state index contributed by atoms with van der Waals surface area (Å²) in [6, 6.07) is 7.74. The van der Waals surface area contributed by atoms with Crippen LogP contribution in [0.5, 0.6) is 5.75 Å². The van der Waals surface area contributed by atoms with Gasteiger partial charge in [-0.05, 0) is 51.3 Å². The zero-order chi connectivity index (χ0) is 25.3. The molecular formula is C26H36N2O6. The van der Waals surface area contributed by atoms with E-state index in [1.807, 2.05) is 26.8 Å². The van der Waals surface area contributed by atoms with E-state index in [0.29, 0.717) is 30.1 Å². The number of carbonyl (C=O) groups is 3. The number of nitrogens with one attached hydrogen (secondary N) is 1. The van der Waals surface area contributed by atoms with Gasteiger partial charge in [0.05, 0.1) is 12.2 Å². The molecule has 1 heterocycles. The highest BCUT2D eigenvalue weighted by Gasteiger charge is 2.28. The van der Waals surface area contributed by atoms with Crippen LogP contribution in [0.15, 0.2) is 30.3 Å². The summed E-state index contributed by atoms with van der Waals surface area (Å²) in [6.07, 6.45) is 0.831. The summed E-state index contributed by atoms with van der Waals surface area (Å²) in [7, 11) is 1.66. The van der Waals surface area contributed by atoms with Crippen molar-refractivity contribution in [3.05, 3.63) is 52.8 Å². The molecule has 8 nitrogen and oxygen atoms in total. The van der Waals surface area contributed by atoms with Crippen molar-refractivity contribution in [3.63, 3.8) is 0 Å². The Morgan fingerprint density at radius 2 is 1.79 bits per heavy atom. The zero-order valence-corrected chi connectivity index (χ0v) is 21.0. The first-order valence-corrected chi connectivity index (χ1v) is 11.6. The number of carbonyl (C=O) groups excluding carboxylic acids is 3. The maximum absolute atomic E-state index is 12.8. The molecule has 0 spiro atoms. The molecule has 0 saturated carbocycles. The molecule has 0 bridgehead atoms. The van der Waals surface area contributed by atoms with Gasteiger partial charge < -0.3 is 24.1 Å². The molecule has 8 heteroatoms. The number of aryl methyl sites for hydroxylation is 1. The van der Waals surface area contributed by atoms with Gasteiger partial charge >= 0.3 is 5.97 Å². The number of esters is 1. The number of para-hydroxylation sites is 1. The highest BCUT2D eigenvalue weighted by atomic mass is 16.5. The number of hydrogen-bond donors (Lipinski definition) is 1. The SMILES string of the molecule is CCOc1ccccc1C(=O)N[C@H](C(=O)OCC(=O)c1cc(C)n(CCCOC)c1C)C(C)C. The number of ether oxygens (including phenoxy) is 3. The average molecular weight is 473 g/mol. The Morgan fingerprint density at radius 3 is 2.44 bits per heavy atom. The van der Waals surface area contributed by atoms with Crippen LogP contribution in [0.2, 0.25) is 0 Å². The van der Waals surface area contributed by atoms with Crippen molar-refractivity contribution in [2.45, 2.75) is 53.6 Å². The monoisotopic (exact) mass is 472 g/mol. The van der Waals surface area contributed by atoms with Gasteiger partial charge in [-0.3, -0.25) is 9.59 Å². The van der Waals surface area contributed by atoms with Crippen LogP contribution < -0.4 is 10.1 Å². The van der Waals surface area contributed by atoms with Crippen molar-refractivity contribution in [1.82, 2.24) is 9.88 Å². The number of hydrogen-bond acceptors (Lipinski definition) is 6. The third kappa shape index (κ3) is 6.93. The molecule has 1 atom stereocenters. The quantitative estimate of drug-likeness (QED) is 0.271. The van der Waals surface area contributed by atoms with E-state index in [0.717, 1.165) is 24.4 Å². The van der Waals surface area contributed by atoms with Crippen molar-refractivity contribution in [2.24, 2.45) is 5.92 Å². The molecule has 1 amide bonds. The molecule has 34 heavy (non-hydrogen) atoms. The van der Waals surface area contributed by atoms with Gasteiger partial charge in [-0.25, -0.2) is 4.79 Å². The Balaban J connectivity index is 2.05. The molecule has 1 N–H and O–H groups in total. The Hall–Kier alpha value is -3.13. The molecule has 1 aromatic carbocycles. The van der Waals surface area contributed by atoms with Crippen LogP contribution >= 0.6 is 0 Å². The molecule has 0 aliphatic rings. The number of amides is 1. The van der Waals surface area contributed by atoms with Crippen LogP contribution in [0.3, 0.4) is 0 Å². The van der Waals surface area contributed by atoms with E-state index >= 15 is 0 Å². The minimum Gasteiger partial charge on any atom is -0.493 e. The highest BCUT2D eigenvalue weighted by molar-refractivity contribution is 6.01. The minimum atomic E-state index is -0.906. The van der Waals surface area contributed by atoms with E-state index in [1.54, 1.807) is 45.2 Å². The van der Waals surface area contributed by atoms with Crippen LogP contribution in [0, 0.1) is 19.8 Å². The van der Waals surface area contributed by atoms with Gasteiger partial charge in [-0.2, -0.15) is 0 Å². The van der Waals surface area contributed by atoms with Gasteiger partial charge in [0.2, 0.25) is 5.78 Å². The van der Waals surface area contributed by atoms with Gasteiger partial charge in [-0.15, -0.1) is 0 Å². The van der Waals surface area contributed by atoms with Crippen LogP contribution in [0.1, 0.15) is 59.3 Å². The first-order valence-electron chi connectivity index (χ1n) is 11.6. The fourth-order valence-electron chi connectivity index (χ4n) is 3.75. The van der Waals surface area contributed by atoms with E-state index in [4.69, 9.17) is 14.2 Å². The fraction of sp³-hybridized carbons (Fsp3) is 0.500. The lowest BCUT2D eigenvalue weighted by molar-refractivity contribution is -0.145. The van der Waals surface area contributed by atoms with Crippen LogP contribution in [-0.4, -0.2) is 55.2 Å². The van der Waals surface area contributed by atoms with Gasteiger partial charge in [0.15, 0.2) is 6.61 Å². The molecule has 0 radical (unpaired) electrons. The number of rotatable bonds is 13. The molecule has 2 rings (SSSR count). The van der Waals surface area contributed by atoms with Crippen molar-refractivity contribution in [1.29, 1.82) is 0 Å². The van der Waals surface area contributed by atoms with E-state index in [2.05, 4.69) is 9.88 Å². The van der Waals surface area contributed by atoms with E-state index < -0.39 is 24.5 Å². The summed E-state index contributed by atoms with van der Waals surface area (Å²) in [5.41, 5.74) is 2.65. The maximum atomic E-state index is 12.8. The minimum absolute atomic E-state index is 0.239. The van der Waals surface area contributed by atoms with Gasteiger partial charge in [0.25, 0.3) is 5.91 Å². The molecule has 186 valence electrons. The van der Waals surface area contributed by atoms with Crippen LogP contribution in [0.4, 0.5) is 0 Å². The van der Waals surface area contributed by atoms with E-state index in [1.165, 1.54) is 0 Å². The molecule has 0 saturated heterocycles. The summed E-state index contributed by atoms with van der Waals surface area (Å²) in [4.78, 5) is 38.4. The van der Waals surface area contributed by atoms with Crippen molar-refractivity contribution in [2.75, 3.05) is 26.9 Å². The fourth-order valence-corrected chi connectivity index (χ4v) is 3.75. The lowest BCUT2D eigenvalue weighted by Gasteiger charge is -2.21. The molecule has 0 aliphatic heterocycles. The van der Waals surface area contributed by atoms with E-state index in [9.17, 15) is 14.4 Å². The summed E-state index contributed by atoms with van der Waals surface area (Å²) in [6.45, 7) is 10.6. The smallest absolute Gasteiger partial charge is 0.329 e. The number of ketones is 1. The van der Waals surface area contributed by atoms with Crippen molar-refractivity contribution >= 4 is 17.7 Å². The standard InChI is InChI=1S/C26H36N2O6/c1-7-33-23-12-9-8-11-20(23)25(30)27-24(17(2)3)26(31)34-16-22(29)21-15-18(4)28(19(21)5)13-10-14-32-6/h8-9,11-12,15,17,24H,7,10,13-14,16H2,1-6H3,(H,27,30)/t24-/m0/s1. The van der Waals surface area contributed by atoms with Crippen LogP contribution in [-0.2, 0) is 20.8 Å². The Bertz CT molecular complexity index is 995. The molecular weight excluding hydrogens is 436 g/mol. The van der Waals surface area contributed by atoms with Gasteiger partial charge in [0.1, 0.15) is 11.8 Å². The predicted molar refractivity (Wildman–Crippen MR) is 129 cm³/mol. The first-order chi connectivity index (χ1) is 16.2. The Kier molecular flexibility index (Phi) is 10.3. The lowest BCUT2D eigenvalue weighted by Crippen LogP contribution is -2.45. The number of aromatic nitrogens is 1. The topological polar surface area (TPSA) is 95.9 Å². The third-order valence-electron chi connectivity index (χ3n) is 5.59. The zero-order valence-electron chi connectivity index (χ0n) is 21.0. The molecule has 0 unspecified atom stereocenters. The lowest BCUT2D eigenvalue weighted by atomic mass is 10.0. The molecule has 0 fully saturated rings. The molecule has 2 aromatic rings. The third-order valence-corrected chi connectivity index (χ3v) is 5.59. The normalized spacial score (nSPS) is 11.9. The highest BCUT2D eigenvalue weighted by Crippen LogP contribution is 2.19. The van der Waals surface area contributed by atoms with Gasteiger partial charge in [-0.1, -0.05) is 26.0 Å². The average Bonchev–Trinajstić information content (AvgIpc) is 3.09. The summed E-state index contributed by atoms with van der Waals surface area (Å²) < 4.78 is 18.0. The number of Topliss-reactive ketones (excluding diaryl/α,β-unsaturated/α-hetero) is 1. The summed E-state index contributed by atoms with van der Waals surface area (Å²) >= 11 is 0. The molecule has 1 aromatic heterocycles. The van der Waals surface area contributed by atoms with Gasteiger partial charge in [0, 0.05) is 37.2 Å². The van der Waals surface area contributed by atoms with E-state index in [-0.39, 0.29) is 11.7 Å². The first kappa shape index (κ1) is 27.1. The number of benzene rings is 1. The maximum Gasteiger partial charge on any atom is 0.329 e. The second-order valence-corrected chi connectivity index (χ2v) is 8.44. The van der Waals surface area contributed by atoms with Crippen LogP contribution in [0.25, 0.3) is 0 Å². The predicted octanol–water partition coefficient (Wildman–Crippen LogP) is 3.72. The number of methoxy groups -OCH3 is 1. The van der Waals surface area contributed by atoms with Crippen molar-refractivity contribution in [3.8, 4) is 5.75 Å². The second-order valence-electron chi connectivity index (χ2n) is 8.44. The number of nitrogens with zero attached hydrogens (tertiary/aromatic N) is 1. The Labute approximate surface area is 201 Å². The molecule has 0 aliphatic carbocycles. The second kappa shape index (κ2) is 12.9. The largest absolute Gasteiger partial charge is 0.493 e. The Morgan fingerprint density at radius 1 is 1.09 bits per heavy atom. The van der Waals surface area contributed by atoms with Crippen molar-refractivity contribution < 1.29 is 28.6 Å².